The molecule has 0 N–H and O–H groups in total. The Labute approximate surface area is 439 Å². The van der Waals surface area contributed by atoms with Crippen LogP contribution in [0.15, 0.2) is 103 Å². The molecule has 2 nitrogen and oxygen atoms in total. The highest BCUT2D eigenvalue weighted by atomic mass is 32.1. The predicted octanol–water partition coefficient (Wildman–Crippen LogP) is 18.2. The third kappa shape index (κ3) is 8.39. The molecule has 10 rings (SSSR count). The molecule has 6 aromatic carbocycles. The molecule has 0 bridgehead atoms. The molecular weight excluding hydrogens is 888 g/mol. The molecular formula is C68H83BN2S. The van der Waals surface area contributed by atoms with Gasteiger partial charge >= 0.3 is 0 Å². The third-order valence-electron chi connectivity index (χ3n) is 17.4. The van der Waals surface area contributed by atoms with Crippen molar-refractivity contribution in [1.82, 2.24) is 0 Å². The van der Waals surface area contributed by atoms with Crippen molar-refractivity contribution in [2.45, 2.75) is 196 Å². The highest BCUT2D eigenvalue weighted by molar-refractivity contribution is 7.33. The van der Waals surface area contributed by atoms with Gasteiger partial charge in [0.05, 0.1) is 11.4 Å². The van der Waals surface area contributed by atoms with Crippen LogP contribution in [0, 0.1) is 6.92 Å². The van der Waals surface area contributed by atoms with Crippen molar-refractivity contribution in [1.29, 1.82) is 0 Å². The zero-order chi connectivity index (χ0) is 51.8. The maximum absolute atomic E-state index is 2.73. The van der Waals surface area contributed by atoms with E-state index in [-0.39, 0.29) is 39.2 Å². The Kier molecular flexibility index (Phi) is 12.1. The molecule has 374 valence electrons. The fourth-order valence-corrected chi connectivity index (χ4v) is 14.0. The fourth-order valence-electron chi connectivity index (χ4n) is 12.7. The molecule has 0 spiro atoms. The smallest absolute Gasteiger partial charge is 0.264 e. The molecule has 1 aromatic heterocycles. The van der Waals surface area contributed by atoms with Crippen LogP contribution in [-0.2, 0) is 38.9 Å². The van der Waals surface area contributed by atoms with Crippen LogP contribution in [0.3, 0.4) is 0 Å². The van der Waals surface area contributed by atoms with E-state index in [1.165, 1.54) is 148 Å². The zero-order valence-electron chi connectivity index (χ0n) is 47.4. The van der Waals surface area contributed by atoms with Gasteiger partial charge in [0.15, 0.2) is 0 Å². The van der Waals surface area contributed by atoms with Crippen LogP contribution in [0.2, 0.25) is 0 Å². The molecule has 0 saturated heterocycles. The number of hydrogen-bond acceptors (Lipinski definition) is 3. The van der Waals surface area contributed by atoms with Crippen LogP contribution in [0.4, 0.5) is 34.1 Å². The van der Waals surface area contributed by atoms with E-state index in [0.29, 0.717) is 0 Å². The van der Waals surface area contributed by atoms with Gasteiger partial charge in [0.1, 0.15) is 0 Å². The van der Waals surface area contributed by atoms with Crippen LogP contribution in [-0.4, -0.2) is 6.71 Å². The maximum Gasteiger partial charge on any atom is 0.264 e. The van der Waals surface area contributed by atoms with Gasteiger partial charge in [-0.2, -0.15) is 0 Å². The van der Waals surface area contributed by atoms with Crippen LogP contribution < -0.4 is 25.5 Å². The van der Waals surface area contributed by atoms with Crippen molar-refractivity contribution in [3.63, 3.8) is 0 Å². The van der Waals surface area contributed by atoms with Crippen molar-refractivity contribution < 1.29 is 0 Å². The monoisotopic (exact) mass is 971 g/mol. The van der Waals surface area contributed by atoms with Crippen LogP contribution in [0.5, 0.6) is 0 Å². The summed E-state index contributed by atoms with van der Waals surface area (Å²) in [5.41, 5.74) is 24.7. The molecule has 1 aliphatic carbocycles. The Morgan fingerprint density at radius 2 is 1.17 bits per heavy atom. The van der Waals surface area contributed by atoms with E-state index in [1.54, 1.807) is 0 Å². The first-order valence-electron chi connectivity index (χ1n) is 27.5. The van der Waals surface area contributed by atoms with E-state index in [9.17, 15) is 0 Å². The van der Waals surface area contributed by atoms with E-state index in [2.05, 4.69) is 238 Å². The van der Waals surface area contributed by atoms with E-state index < -0.39 is 0 Å². The molecule has 3 aliphatic rings. The second-order valence-electron chi connectivity index (χ2n) is 27.3. The number of fused-ring (bicyclic) bond motifs is 7. The van der Waals surface area contributed by atoms with E-state index in [0.717, 1.165) is 6.42 Å². The largest absolute Gasteiger partial charge is 0.311 e. The molecule has 0 fully saturated rings. The van der Waals surface area contributed by atoms with Crippen molar-refractivity contribution in [3.05, 3.63) is 148 Å². The topological polar surface area (TPSA) is 6.48 Å². The van der Waals surface area contributed by atoms with Crippen molar-refractivity contribution >= 4 is 78.0 Å². The second kappa shape index (κ2) is 17.3. The van der Waals surface area contributed by atoms with Crippen LogP contribution in [0.25, 0.3) is 21.2 Å². The quantitative estimate of drug-likeness (QED) is 0.140. The highest BCUT2D eigenvalue weighted by Crippen LogP contribution is 2.54. The Balaban J connectivity index is 1.33. The molecule has 0 amide bonds. The van der Waals surface area contributed by atoms with Crippen LogP contribution >= 0.6 is 11.3 Å². The first-order chi connectivity index (χ1) is 33.6. The Morgan fingerprint density at radius 1 is 0.583 bits per heavy atom. The summed E-state index contributed by atoms with van der Waals surface area (Å²) in [6.07, 6.45) is 7.00. The summed E-state index contributed by atoms with van der Waals surface area (Å²) < 4.78 is 2.79. The highest BCUT2D eigenvalue weighted by Gasteiger charge is 2.48. The van der Waals surface area contributed by atoms with Gasteiger partial charge in [-0.15, -0.1) is 11.3 Å². The second-order valence-corrected chi connectivity index (χ2v) is 28.4. The summed E-state index contributed by atoms with van der Waals surface area (Å²) in [4.78, 5) is 5.44. The van der Waals surface area contributed by atoms with E-state index >= 15 is 0 Å². The Morgan fingerprint density at radius 3 is 1.78 bits per heavy atom. The summed E-state index contributed by atoms with van der Waals surface area (Å²) in [7, 11) is 0. The number of rotatable bonds is 8. The minimum atomic E-state index is -0.0280. The van der Waals surface area contributed by atoms with Crippen molar-refractivity contribution in [2.75, 3.05) is 9.80 Å². The predicted molar refractivity (Wildman–Crippen MR) is 319 cm³/mol. The molecule has 72 heavy (non-hydrogen) atoms. The summed E-state index contributed by atoms with van der Waals surface area (Å²) in [6, 6.07) is 42.3. The van der Waals surface area contributed by atoms with Crippen molar-refractivity contribution in [2.24, 2.45) is 0 Å². The average molecular weight is 971 g/mol. The standard InChI is InChI=1S/C68H83BN2S/c1-19-21-32-66(13,14)51-29-28-48(37-43(51)20-2)70-56-41-53-52(67(15,16)33-34-68(53,17)18)40-54(56)69-60-57(70)35-42(3)36-58(60)71(61-50-39-47(65(10,11)12)27-31-59(50)72-62(61)69)55-30-26-46(64(7,8)9)38-49(55)44-22-24-45(25-23-44)63(4,5)6/h22-31,35-41H,19-21,32-34H2,1-18H3. The van der Waals surface area contributed by atoms with Gasteiger partial charge in [-0.25, -0.2) is 0 Å². The van der Waals surface area contributed by atoms with Gasteiger partial charge in [-0.1, -0.05) is 179 Å². The lowest BCUT2D eigenvalue weighted by Crippen LogP contribution is -2.61. The van der Waals surface area contributed by atoms with E-state index in [4.69, 9.17) is 0 Å². The number of benzene rings is 6. The molecule has 0 unspecified atom stereocenters. The molecule has 0 radical (unpaired) electrons. The van der Waals surface area contributed by atoms with Gasteiger partial charge in [-0.3, -0.25) is 0 Å². The van der Waals surface area contributed by atoms with E-state index in [1.807, 2.05) is 11.3 Å². The van der Waals surface area contributed by atoms with Gasteiger partial charge in [0.2, 0.25) is 0 Å². The summed E-state index contributed by atoms with van der Waals surface area (Å²) in [5.74, 6) is 0. The normalized spacial score (nSPS) is 16.2. The molecule has 2 aliphatic heterocycles. The average Bonchev–Trinajstić information content (AvgIpc) is 3.69. The number of nitrogens with zero attached hydrogens (tertiary/aromatic N) is 2. The van der Waals surface area contributed by atoms with Gasteiger partial charge in [-0.05, 0) is 181 Å². The minimum absolute atomic E-state index is 0.00795. The van der Waals surface area contributed by atoms with Crippen molar-refractivity contribution in [3.8, 4) is 11.1 Å². The molecule has 0 saturated carbocycles. The molecule has 7 aromatic rings. The first kappa shape index (κ1) is 50.5. The third-order valence-corrected chi connectivity index (χ3v) is 18.6. The maximum atomic E-state index is 2.73. The number of aryl methyl sites for hydroxylation is 2. The summed E-state index contributed by atoms with van der Waals surface area (Å²) >= 11 is 2.03. The molecule has 4 heteroatoms. The summed E-state index contributed by atoms with van der Waals surface area (Å²) in [5, 5.41) is 1.35. The van der Waals surface area contributed by atoms with Gasteiger partial charge in [0, 0.05) is 43.2 Å². The fraction of sp³-hybridized carbons (Fsp3) is 0.441. The number of anilines is 6. The lowest BCUT2D eigenvalue weighted by atomic mass is 9.35. The Hall–Kier alpha value is -5.06. The zero-order valence-corrected chi connectivity index (χ0v) is 48.3. The lowest BCUT2D eigenvalue weighted by Gasteiger charge is -2.47. The SMILES string of the molecule is CCCCC(C)(C)c1ccc(N2c3cc4c(cc3B3c5sc6ccc(C(C)(C)C)cc6c5N(c5ccc(C(C)(C)C)cc5-c5ccc(C(C)(C)C)cc5)c5cc(C)cc2c53)C(C)(C)CCC4(C)C)cc1CC. The number of unbranched alkanes of at least 4 members (excludes halogenated alkanes) is 1. The van der Waals surface area contributed by atoms with Gasteiger partial charge in [0.25, 0.3) is 6.71 Å². The molecule has 3 heterocycles. The van der Waals surface area contributed by atoms with Gasteiger partial charge < -0.3 is 9.80 Å². The minimum Gasteiger partial charge on any atom is -0.311 e. The Bertz CT molecular complexity index is 3260. The first-order valence-corrected chi connectivity index (χ1v) is 28.4. The summed E-state index contributed by atoms with van der Waals surface area (Å²) in [6.45, 7) is 43.1. The molecule has 0 atom stereocenters. The number of thiophene rings is 1. The number of hydrogen-bond donors (Lipinski definition) is 0. The van der Waals surface area contributed by atoms with Crippen LogP contribution in [0.1, 0.15) is 194 Å². The lowest BCUT2D eigenvalue weighted by molar-refractivity contribution is 0.332.